The first kappa shape index (κ1) is 21.6. The van der Waals surface area contributed by atoms with Crippen LogP contribution in [0.5, 0.6) is 0 Å². The summed E-state index contributed by atoms with van der Waals surface area (Å²) in [6.07, 6.45) is 5.44. The molecule has 5 rings (SSSR count). The van der Waals surface area contributed by atoms with Gasteiger partial charge < -0.3 is 15.1 Å². The molecule has 1 atom stereocenters. The lowest BCUT2D eigenvalue weighted by molar-refractivity contribution is 0.613. The molecule has 0 amide bonds. The fourth-order valence-electron chi connectivity index (χ4n) is 4.00. The summed E-state index contributed by atoms with van der Waals surface area (Å²) in [7, 11) is 1.81. The number of furan rings is 1. The lowest BCUT2D eigenvalue weighted by atomic mass is 10.0. The zero-order valence-corrected chi connectivity index (χ0v) is 19.6. The molecule has 2 aromatic carbocycles. The van der Waals surface area contributed by atoms with Gasteiger partial charge in [0.1, 0.15) is 17.2 Å². The molecule has 0 saturated heterocycles. The van der Waals surface area contributed by atoms with Crippen molar-refractivity contribution in [2.75, 3.05) is 17.7 Å². The molecular formula is C27H26N6O. The Balaban J connectivity index is 1.41. The maximum Gasteiger partial charge on any atom is 0.222 e. The van der Waals surface area contributed by atoms with Crippen molar-refractivity contribution in [3.05, 3.63) is 84.1 Å². The Morgan fingerprint density at radius 2 is 1.71 bits per heavy atom. The van der Waals surface area contributed by atoms with Gasteiger partial charge in [0.25, 0.3) is 0 Å². The summed E-state index contributed by atoms with van der Waals surface area (Å²) in [4.78, 5) is 17.9. The third-order valence-corrected chi connectivity index (χ3v) is 5.86. The minimum absolute atomic E-state index is 0.0400. The zero-order valence-electron chi connectivity index (χ0n) is 19.6. The molecule has 0 bridgehead atoms. The molecule has 0 saturated carbocycles. The number of nitrogens with zero attached hydrogens (tertiary/aromatic N) is 4. The van der Waals surface area contributed by atoms with Gasteiger partial charge in [-0.3, -0.25) is 0 Å². The van der Waals surface area contributed by atoms with Gasteiger partial charge in [-0.2, -0.15) is 0 Å². The summed E-state index contributed by atoms with van der Waals surface area (Å²) in [6, 6.07) is 16.5. The van der Waals surface area contributed by atoms with E-state index in [0.717, 1.165) is 50.3 Å². The van der Waals surface area contributed by atoms with Crippen LogP contribution in [0.15, 0.2) is 71.6 Å². The number of nitrogens with one attached hydrogen (secondary N) is 2. The fraction of sp³-hybridized carbons (Fsp3) is 0.185. The van der Waals surface area contributed by atoms with Gasteiger partial charge in [0.15, 0.2) is 0 Å². The molecule has 2 N–H and O–H groups in total. The van der Waals surface area contributed by atoms with Crippen LogP contribution in [0.2, 0.25) is 0 Å². The van der Waals surface area contributed by atoms with E-state index >= 15 is 0 Å². The largest absolute Gasteiger partial charge is 0.464 e. The van der Waals surface area contributed by atoms with Gasteiger partial charge in [-0.25, -0.2) is 19.9 Å². The summed E-state index contributed by atoms with van der Waals surface area (Å²) in [5.41, 5.74) is 7.08. The monoisotopic (exact) mass is 450 g/mol. The molecule has 170 valence electrons. The standard InChI is InChI=1S/C27H26N6O/c1-16-15-34-25-9-8-21(11-23(16)25)24-12-26(33-18(3)32-24)31-17(2)19-6-5-7-20(10-19)22-13-29-27(28-4)30-14-22/h5-15,17H,1-4H3,(H,28,29,30)(H,31,32,33). The highest BCUT2D eigenvalue weighted by atomic mass is 16.3. The molecule has 7 heteroatoms. The van der Waals surface area contributed by atoms with Gasteiger partial charge in [-0.15, -0.1) is 0 Å². The van der Waals surface area contributed by atoms with Crippen molar-refractivity contribution < 1.29 is 4.42 Å². The molecule has 0 aliphatic rings. The highest BCUT2D eigenvalue weighted by Crippen LogP contribution is 2.29. The smallest absolute Gasteiger partial charge is 0.222 e. The Kier molecular flexibility index (Phi) is 5.67. The van der Waals surface area contributed by atoms with Crippen LogP contribution in [0.3, 0.4) is 0 Å². The predicted octanol–water partition coefficient (Wildman–Crippen LogP) is 6.18. The Bertz CT molecular complexity index is 1460. The average molecular weight is 451 g/mol. The van der Waals surface area contributed by atoms with Gasteiger partial charge in [0, 0.05) is 48.1 Å². The molecule has 1 unspecified atom stereocenters. The SMILES string of the molecule is CNc1ncc(-c2cccc(C(C)Nc3cc(-c4ccc5occ(C)c5c4)nc(C)n3)c2)cn1. The Morgan fingerprint density at radius 1 is 0.882 bits per heavy atom. The number of hydrogen-bond donors (Lipinski definition) is 2. The molecule has 0 spiro atoms. The van der Waals surface area contributed by atoms with Crippen LogP contribution in [0.1, 0.15) is 29.9 Å². The van der Waals surface area contributed by atoms with Crippen molar-refractivity contribution in [1.29, 1.82) is 0 Å². The Morgan fingerprint density at radius 3 is 2.50 bits per heavy atom. The first-order valence-electron chi connectivity index (χ1n) is 11.2. The van der Waals surface area contributed by atoms with Gasteiger partial charge in [-0.05, 0) is 61.7 Å². The van der Waals surface area contributed by atoms with Gasteiger partial charge in [0.05, 0.1) is 12.0 Å². The average Bonchev–Trinajstić information content (AvgIpc) is 3.24. The van der Waals surface area contributed by atoms with Crippen LogP contribution >= 0.6 is 0 Å². The normalized spacial score (nSPS) is 12.0. The van der Waals surface area contributed by atoms with E-state index in [4.69, 9.17) is 4.42 Å². The third-order valence-electron chi connectivity index (χ3n) is 5.86. The van der Waals surface area contributed by atoms with Crippen molar-refractivity contribution >= 4 is 22.7 Å². The van der Waals surface area contributed by atoms with Crippen LogP contribution in [0.25, 0.3) is 33.4 Å². The molecule has 34 heavy (non-hydrogen) atoms. The molecule has 5 aromatic rings. The van der Waals surface area contributed by atoms with E-state index in [-0.39, 0.29) is 6.04 Å². The van der Waals surface area contributed by atoms with E-state index < -0.39 is 0 Å². The molecule has 0 fully saturated rings. The number of benzene rings is 2. The van der Waals surface area contributed by atoms with Crippen molar-refractivity contribution in [2.45, 2.75) is 26.8 Å². The Labute approximate surface area is 198 Å². The first-order valence-corrected chi connectivity index (χ1v) is 11.2. The predicted molar refractivity (Wildman–Crippen MR) is 136 cm³/mol. The fourth-order valence-corrected chi connectivity index (χ4v) is 4.00. The molecule has 0 aliphatic carbocycles. The highest BCUT2D eigenvalue weighted by molar-refractivity contribution is 5.85. The molecule has 3 heterocycles. The van der Waals surface area contributed by atoms with Crippen LogP contribution in [0, 0.1) is 13.8 Å². The van der Waals surface area contributed by atoms with Gasteiger partial charge >= 0.3 is 0 Å². The summed E-state index contributed by atoms with van der Waals surface area (Å²) in [6.45, 7) is 6.08. The highest BCUT2D eigenvalue weighted by Gasteiger charge is 2.12. The van der Waals surface area contributed by atoms with Crippen LogP contribution in [-0.4, -0.2) is 27.0 Å². The topological polar surface area (TPSA) is 88.8 Å². The van der Waals surface area contributed by atoms with Crippen molar-refractivity contribution in [3.8, 4) is 22.4 Å². The second-order valence-electron chi connectivity index (χ2n) is 8.35. The second kappa shape index (κ2) is 8.94. The summed E-state index contributed by atoms with van der Waals surface area (Å²) in [5, 5.41) is 7.58. The van der Waals surface area contributed by atoms with Crippen molar-refractivity contribution in [1.82, 2.24) is 19.9 Å². The van der Waals surface area contributed by atoms with Crippen molar-refractivity contribution in [2.24, 2.45) is 0 Å². The Hall–Kier alpha value is -4.26. The molecule has 0 radical (unpaired) electrons. The number of aryl methyl sites for hydroxylation is 2. The number of fused-ring (bicyclic) bond motifs is 1. The van der Waals surface area contributed by atoms with E-state index in [1.54, 1.807) is 13.3 Å². The lowest BCUT2D eigenvalue weighted by Gasteiger charge is -2.17. The molecule has 3 aromatic heterocycles. The lowest BCUT2D eigenvalue weighted by Crippen LogP contribution is -2.09. The van der Waals surface area contributed by atoms with Crippen LogP contribution in [-0.2, 0) is 0 Å². The zero-order chi connectivity index (χ0) is 23.7. The second-order valence-corrected chi connectivity index (χ2v) is 8.35. The molecular weight excluding hydrogens is 424 g/mol. The van der Waals surface area contributed by atoms with Crippen LogP contribution < -0.4 is 10.6 Å². The minimum Gasteiger partial charge on any atom is -0.464 e. The van der Waals surface area contributed by atoms with E-state index in [1.165, 1.54) is 0 Å². The number of rotatable bonds is 6. The minimum atomic E-state index is 0.0400. The number of hydrogen-bond acceptors (Lipinski definition) is 7. The van der Waals surface area contributed by atoms with E-state index in [1.807, 2.05) is 50.5 Å². The maximum atomic E-state index is 5.59. The van der Waals surface area contributed by atoms with Crippen LogP contribution in [0.4, 0.5) is 11.8 Å². The van der Waals surface area contributed by atoms with Crippen molar-refractivity contribution in [3.63, 3.8) is 0 Å². The van der Waals surface area contributed by atoms with E-state index in [2.05, 4.69) is 61.8 Å². The first-order chi connectivity index (χ1) is 16.5. The summed E-state index contributed by atoms with van der Waals surface area (Å²) in [5.74, 6) is 2.10. The summed E-state index contributed by atoms with van der Waals surface area (Å²) >= 11 is 0. The number of anilines is 2. The van der Waals surface area contributed by atoms with E-state index in [0.29, 0.717) is 11.8 Å². The summed E-state index contributed by atoms with van der Waals surface area (Å²) < 4.78 is 5.59. The third kappa shape index (κ3) is 4.32. The van der Waals surface area contributed by atoms with E-state index in [9.17, 15) is 0 Å². The quantitative estimate of drug-likeness (QED) is 0.319. The molecule has 0 aliphatic heterocycles. The molecule has 7 nitrogen and oxygen atoms in total. The van der Waals surface area contributed by atoms with Gasteiger partial charge in [0.2, 0.25) is 5.95 Å². The maximum absolute atomic E-state index is 5.59. The van der Waals surface area contributed by atoms with Gasteiger partial charge in [-0.1, -0.05) is 18.2 Å². The number of aromatic nitrogens is 4.